The van der Waals surface area contributed by atoms with E-state index in [-0.39, 0.29) is 19.0 Å². The van der Waals surface area contributed by atoms with Crippen molar-refractivity contribution in [2.75, 3.05) is 26.4 Å². The van der Waals surface area contributed by atoms with E-state index in [9.17, 15) is 14.4 Å². The molecule has 0 spiro atoms. The molecule has 2 aromatic rings. The second kappa shape index (κ2) is 14.5. The van der Waals surface area contributed by atoms with Gasteiger partial charge in [0.1, 0.15) is 5.75 Å². The molecule has 0 fully saturated rings. The summed E-state index contributed by atoms with van der Waals surface area (Å²) < 4.78 is 21.7. The molecule has 1 atom stereocenters. The van der Waals surface area contributed by atoms with Crippen LogP contribution in [0, 0.1) is 0 Å². The summed E-state index contributed by atoms with van der Waals surface area (Å²) in [7, 11) is 0. The van der Waals surface area contributed by atoms with Crippen molar-refractivity contribution < 1.29 is 38.4 Å². The average Bonchev–Trinajstić information content (AvgIpc) is 2.91. The van der Waals surface area contributed by atoms with E-state index in [1.807, 2.05) is 0 Å². The quantitative estimate of drug-likeness (QED) is 0.121. The minimum Gasteiger partial charge on any atom is -0.490 e. The van der Waals surface area contributed by atoms with Crippen LogP contribution in [-0.2, 0) is 19.1 Å². The highest BCUT2D eigenvalue weighted by Crippen LogP contribution is 2.33. The van der Waals surface area contributed by atoms with Gasteiger partial charge in [-0.3, -0.25) is 4.79 Å². The van der Waals surface area contributed by atoms with Crippen molar-refractivity contribution in [1.29, 1.82) is 0 Å². The third-order valence-corrected chi connectivity index (χ3v) is 5.59. The zero-order chi connectivity index (χ0) is 29.1. The lowest BCUT2D eigenvalue weighted by Crippen LogP contribution is -2.45. The molecule has 212 valence electrons. The zero-order valence-corrected chi connectivity index (χ0v) is 23.0. The van der Waals surface area contributed by atoms with Gasteiger partial charge in [-0.05, 0) is 62.8 Å². The summed E-state index contributed by atoms with van der Waals surface area (Å²) in [5.74, 6) is -1.14. The largest absolute Gasteiger partial charge is 0.490 e. The summed E-state index contributed by atoms with van der Waals surface area (Å²) in [6.45, 7) is 4.93. The number of carbonyl (C=O) groups excluding carboxylic acids is 2. The van der Waals surface area contributed by atoms with Crippen LogP contribution in [0.25, 0.3) is 0 Å². The van der Waals surface area contributed by atoms with Gasteiger partial charge in [-0.1, -0.05) is 18.2 Å². The molecule has 1 heterocycles. The molecule has 3 rings (SSSR count). The van der Waals surface area contributed by atoms with Gasteiger partial charge in [-0.15, -0.1) is 0 Å². The standard InChI is InChI=1S/C27H30N4O8S/c1-4-36-21-12-17(10-11-20(21)39-15-23(33)34)13-28-31-22(32)14-38-19-9-7-6-8-18(19)25-24(26(35)37-5-2)16(3)29-27(40)30-25/h6-13,25H,4-5,14-15H2,1-3H3,(H,31,32)(H,33,34)(H2,29,30,40)/t25-/m1/s1. The number of carboxylic acid groups (broad SMARTS) is 1. The maximum Gasteiger partial charge on any atom is 0.341 e. The van der Waals surface area contributed by atoms with Crippen LogP contribution in [0.5, 0.6) is 17.2 Å². The van der Waals surface area contributed by atoms with Gasteiger partial charge in [-0.2, -0.15) is 5.10 Å². The van der Waals surface area contributed by atoms with E-state index < -0.39 is 30.5 Å². The number of carbonyl (C=O) groups is 3. The highest BCUT2D eigenvalue weighted by Gasteiger charge is 2.32. The number of esters is 1. The molecule has 0 aliphatic carbocycles. The third kappa shape index (κ3) is 8.17. The predicted molar refractivity (Wildman–Crippen MR) is 149 cm³/mol. The van der Waals surface area contributed by atoms with Crippen LogP contribution in [0.3, 0.4) is 0 Å². The lowest BCUT2D eigenvalue weighted by Gasteiger charge is -2.30. The Balaban J connectivity index is 1.67. The summed E-state index contributed by atoms with van der Waals surface area (Å²) in [6, 6.07) is 11.1. The van der Waals surface area contributed by atoms with Gasteiger partial charge in [0.05, 0.1) is 31.0 Å². The van der Waals surface area contributed by atoms with Crippen LogP contribution < -0.4 is 30.3 Å². The number of hydrazone groups is 1. The molecule has 12 nitrogen and oxygen atoms in total. The first-order valence-electron chi connectivity index (χ1n) is 12.3. The van der Waals surface area contributed by atoms with E-state index in [1.165, 1.54) is 6.21 Å². The van der Waals surface area contributed by atoms with Crippen molar-refractivity contribution >= 4 is 41.4 Å². The van der Waals surface area contributed by atoms with Gasteiger partial charge in [0, 0.05) is 11.3 Å². The summed E-state index contributed by atoms with van der Waals surface area (Å²) in [4.78, 5) is 35.9. The van der Waals surface area contributed by atoms with Crippen LogP contribution in [0.15, 0.2) is 58.8 Å². The molecular formula is C27H30N4O8S. The predicted octanol–water partition coefficient (Wildman–Crippen LogP) is 2.43. The van der Waals surface area contributed by atoms with E-state index in [0.717, 1.165) is 0 Å². The number of hydrogen-bond acceptors (Lipinski definition) is 9. The van der Waals surface area contributed by atoms with E-state index in [1.54, 1.807) is 63.2 Å². The molecule has 40 heavy (non-hydrogen) atoms. The minimum absolute atomic E-state index is 0.210. The van der Waals surface area contributed by atoms with Gasteiger partial charge in [0.25, 0.3) is 5.91 Å². The fourth-order valence-electron chi connectivity index (χ4n) is 3.74. The molecule has 0 saturated carbocycles. The minimum atomic E-state index is -1.11. The normalized spacial score (nSPS) is 14.7. The van der Waals surface area contributed by atoms with E-state index in [4.69, 9.17) is 36.3 Å². The molecule has 0 saturated heterocycles. The third-order valence-electron chi connectivity index (χ3n) is 5.37. The number of ether oxygens (including phenoxy) is 4. The maximum atomic E-state index is 12.7. The molecule has 13 heteroatoms. The van der Waals surface area contributed by atoms with Crippen LogP contribution in [0.2, 0.25) is 0 Å². The molecule has 0 aromatic heterocycles. The van der Waals surface area contributed by atoms with Gasteiger partial charge in [0.15, 0.2) is 29.8 Å². The van der Waals surface area contributed by atoms with Gasteiger partial charge < -0.3 is 34.7 Å². The zero-order valence-electron chi connectivity index (χ0n) is 22.2. The summed E-state index contributed by atoms with van der Waals surface area (Å²) in [5, 5.41) is 19.1. The van der Waals surface area contributed by atoms with Crippen molar-refractivity contribution in [3.05, 3.63) is 64.9 Å². The van der Waals surface area contributed by atoms with Crippen LogP contribution in [0.1, 0.15) is 37.9 Å². The van der Waals surface area contributed by atoms with Gasteiger partial charge in [0.2, 0.25) is 0 Å². The average molecular weight is 571 g/mol. The van der Waals surface area contributed by atoms with Crippen molar-refractivity contribution in [2.45, 2.75) is 26.8 Å². The Hall–Kier alpha value is -4.65. The first-order chi connectivity index (χ1) is 19.2. The van der Waals surface area contributed by atoms with Gasteiger partial charge >= 0.3 is 11.9 Å². The number of amides is 1. The molecular weight excluding hydrogens is 540 g/mol. The second-order valence-corrected chi connectivity index (χ2v) is 8.64. The Morgan fingerprint density at radius 3 is 2.50 bits per heavy atom. The number of hydrogen-bond donors (Lipinski definition) is 4. The van der Waals surface area contributed by atoms with E-state index in [0.29, 0.717) is 45.6 Å². The summed E-state index contributed by atoms with van der Waals surface area (Å²) >= 11 is 5.29. The monoisotopic (exact) mass is 570 g/mol. The van der Waals surface area contributed by atoms with E-state index in [2.05, 4.69) is 21.2 Å². The second-order valence-electron chi connectivity index (χ2n) is 8.23. The van der Waals surface area contributed by atoms with Crippen molar-refractivity contribution in [2.24, 2.45) is 5.10 Å². The smallest absolute Gasteiger partial charge is 0.341 e. The van der Waals surface area contributed by atoms with Crippen LogP contribution in [0.4, 0.5) is 0 Å². The maximum absolute atomic E-state index is 12.7. The molecule has 1 amide bonds. The molecule has 1 aliphatic heterocycles. The number of aliphatic carboxylic acids is 1. The summed E-state index contributed by atoms with van der Waals surface area (Å²) in [5.41, 5.74) is 4.48. The molecule has 0 bridgehead atoms. The van der Waals surface area contributed by atoms with E-state index >= 15 is 0 Å². The Labute approximate surface area is 236 Å². The highest BCUT2D eigenvalue weighted by atomic mass is 32.1. The molecule has 0 unspecified atom stereocenters. The fourth-order valence-corrected chi connectivity index (χ4v) is 4.01. The van der Waals surface area contributed by atoms with Crippen molar-refractivity contribution in [1.82, 2.24) is 16.1 Å². The molecule has 2 aromatic carbocycles. The fraction of sp³-hybridized carbons (Fsp3) is 0.296. The topological polar surface area (TPSA) is 157 Å². The Morgan fingerprint density at radius 1 is 1.02 bits per heavy atom. The van der Waals surface area contributed by atoms with Crippen LogP contribution in [-0.4, -0.2) is 60.7 Å². The Kier molecular flexibility index (Phi) is 10.8. The number of thiocarbonyl (C=S) groups is 1. The van der Waals surface area contributed by atoms with Crippen molar-refractivity contribution in [3.8, 4) is 17.2 Å². The Bertz CT molecular complexity index is 1330. The first kappa shape index (κ1) is 29.9. The number of rotatable bonds is 13. The number of allylic oxidation sites excluding steroid dienone is 1. The van der Waals surface area contributed by atoms with Crippen molar-refractivity contribution in [3.63, 3.8) is 0 Å². The molecule has 1 aliphatic rings. The summed E-state index contributed by atoms with van der Waals surface area (Å²) in [6.07, 6.45) is 1.40. The number of benzene rings is 2. The first-order valence-corrected chi connectivity index (χ1v) is 12.7. The lowest BCUT2D eigenvalue weighted by molar-refractivity contribution is -0.140. The lowest BCUT2D eigenvalue weighted by atomic mass is 9.95. The molecule has 0 radical (unpaired) electrons. The Morgan fingerprint density at radius 2 is 1.77 bits per heavy atom. The number of carboxylic acids is 1. The molecule has 4 N–H and O–H groups in total. The van der Waals surface area contributed by atoms with Gasteiger partial charge in [-0.25, -0.2) is 15.0 Å². The number of nitrogens with zero attached hydrogens (tertiary/aromatic N) is 1. The van der Waals surface area contributed by atoms with Crippen LogP contribution >= 0.6 is 12.2 Å². The highest BCUT2D eigenvalue weighted by molar-refractivity contribution is 7.80. The number of nitrogens with one attached hydrogen (secondary N) is 3. The SMILES string of the molecule is CCOC(=O)C1=C(C)NC(=S)N[C@@H]1c1ccccc1OCC(=O)NN=Cc1ccc(OCC(=O)O)c(OCC)c1. The number of para-hydroxylation sites is 1.